The highest BCUT2D eigenvalue weighted by atomic mass is 79.9. The molecule has 0 saturated heterocycles. The van der Waals surface area contributed by atoms with Crippen LogP contribution in [-0.4, -0.2) is 20.9 Å². The van der Waals surface area contributed by atoms with Crippen molar-refractivity contribution < 1.29 is 22.0 Å². The van der Waals surface area contributed by atoms with Crippen molar-refractivity contribution in [3.05, 3.63) is 64.1 Å². The van der Waals surface area contributed by atoms with E-state index < -0.39 is 26.6 Å². The highest BCUT2D eigenvalue weighted by Crippen LogP contribution is 2.17. The largest absolute Gasteiger partial charge is 0.350 e. The van der Waals surface area contributed by atoms with Crippen LogP contribution in [0.25, 0.3) is 0 Å². The van der Waals surface area contributed by atoms with Gasteiger partial charge in [0.2, 0.25) is 15.9 Å². The standard InChI is InChI=1S/C17H17BrF2N2O3S/c1-11(12-2-4-13(18)5-3-12)22-17(23)8-9-21-26(24,25)14-6-7-15(19)16(20)10-14/h2-7,10-11,21H,8-9H2,1H3,(H,22,23). The molecule has 1 atom stereocenters. The Kier molecular flexibility index (Phi) is 6.85. The maximum Gasteiger partial charge on any atom is 0.240 e. The van der Waals surface area contributed by atoms with Crippen molar-refractivity contribution in [2.24, 2.45) is 0 Å². The molecular formula is C17H17BrF2N2O3S. The number of nitrogens with one attached hydrogen (secondary N) is 2. The smallest absolute Gasteiger partial charge is 0.240 e. The minimum absolute atomic E-state index is 0.0935. The summed E-state index contributed by atoms with van der Waals surface area (Å²) >= 11 is 3.33. The lowest BCUT2D eigenvalue weighted by Crippen LogP contribution is -2.32. The van der Waals surface area contributed by atoms with Crippen LogP contribution in [0, 0.1) is 11.6 Å². The molecule has 0 radical (unpaired) electrons. The van der Waals surface area contributed by atoms with E-state index in [9.17, 15) is 22.0 Å². The van der Waals surface area contributed by atoms with Gasteiger partial charge in [-0.2, -0.15) is 0 Å². The third kappa shape index (κ3) is 5.58. The molecule has 2 aromatic carbocycles. The molecule has 0 aliphatic rings. The average molecular weight is 447 g/mol. The highest BCUT2D eigenvalue weighted by molar-refractivity contribution is 9.10. The van der Waals surface area contributed by atoms with Gasteiger partial charge in [0.05, 0.1) is 10.9 Å². The first-order valence-corrected chi connectivity index (χ1v) is 9.96. The summed E-state index contributed by atoms with van der Waals surface area (Å²) in [5, 5.41) is 2.76. The van der Waals surface area contributed by atoms with Crippen molar-refractivity contribution in [2.45, 2.75) is 24.3 Å². The molecule has 0 spiro atoms. The van der Waals surface area contributed by atoms with Crippen LogP contribution in [-0.2, 0) is 14.8 Å². The van der Waals surface area contributed by atoms with Crippen LogP contribution in [0.2, 0.25) is 0 Å². The van der Waals surface area contributed by atoms with Gasteiger partial charge in [0.25, 0.3) is 0 Å². The van der Waals surface area contributed by atoms with Gasteiger partial charge in [-0.15, -0.1) is 0 Å². The normalized spacial score (nSPS) is 12.6. The van der Waals surface area contributed by atoms with Crippen LogP contribution in [0.4, 0.5) is 8.78 Å². The Labute approximate surface area is 159 Å². The molecule has 2 aromatic rings. The van der Waals surface area contributed by atoms with E-state index in [4.69, 9.17) is 0 Å². The topological polar surface area (TPSA) is 75.3 Å². The maximum atomic E-state index is 13.2. The Bertz CT molecular complexity index is 889. The molecule has 0 fully saturated rings. The predicted octanol–water partition coefficient (Wildman–Crippen LogP) is 3.27. The van der Waals surface area contributed by atoms with E-state index in [1.54, 1.807) is 0 Å². The molecule has 0 heterocycles. The monoisotopic (exact) mass is 446 g/mol. The number of sulfonamides is 1. The summed E-state index contributed by atoms with van der Waals surface area (Å²) in [6.07, 6.45) is -0.0935. The van der Waals surface area contributed by atoms with Crippen LogP contribution in [0.1, 0.15) is 24.9 Å². The van der Waals surface area contributed by atoms with Crippen LogP contribution in [0.15, 0.2) is 51.8 Å². The minimum atomic E-state index is -4.02. The number of rotatable bonds is 7. The van der Waals surface area contributed by atoms with E-state index in [2.05, 4.69) is 26.0 Å². The molecule has 0 aliphatic carbocycles. The molecule has 1 unspecified atom stereocenters. The Balaban J connectivity index is 1.87. The summed E-state index contributed by atoms with van der Waals surface area (Å²) < 4.78 is 53.2. The molecule has 9 heteroatoms. The second-order valence-corrected chi connectivity index (χ2v) is 8.25. The molecule has 140 valence electrons. The Hall–Kier alpha value is -1.84. The Morgan fingerprint density at radius 2 is 1.77 bits per heavy atom. The summed E-state index contributed by atoms with van der Waals surface area (Å²) in [6, 6.07) is 9.47. The molecule has 2 N–H and O–H groups in total. The van der Waals surface area contributed by atoms with Gasteiger partial charge in [-0.25, -0.2) is 21.9 Å². The summed E-state index contributed by atoms with van der Waals surface area (Å²) in [4.78, 5) is 11.5. The van der Waals surface area contributed by atoms with Gasteiger partial charge >= 0.3 is 0 Å². The summed E-state index contributed by atoms with van der Waals surface area (Å²) in [7, 11) is -4.02. The fourth-order valence-corrected chi connectivity index (χ4v) is 3.48. The average Bonchev–Trinajstić information content (AvgIpc) is 2.57. The lowest BCUT2D eigenvalue weighted by atomic mass is 10.1. The van der Waals surface area contributed by atoms with Gasteiger partial charge in [0.15, 0.2) is 11.6 Å². The number of carbonyl (C=O) groups is 1. The first-order valence-electron chi connectivity index (χ1n) is 7.68. The second kappa shape index (κ2) is 8.70. The van der Waals surface area contributed by atoms with Crippen molar-refractivity contribution >= 4 is 31.9 Å². The zero-order valence-electron chi connectivity index (χ0n) is 13.8. The Morgan fingerprint density at radius 1 is 1.12 bits per heavy atom. The quantitative estimate of drug-likeness (QED) is 0.685. The first kappa shape index (κ1) is 20.5. The molecule has 1 amide bonds. The van der Waals surface area contributed by atoms with Crippen molar-refractivity contribution in [2.75, 3.05) is 6.54 Å². The zero-order valence-corrected chi connectivity index (χ0v) is 16.2. The third-order valence-corrected chi connectivity index (χ3v) is 5.58. The number of halogens is 3. The lowest BCUT2D eigenvalue weighted by Gasteiger charge is -2.14. The second-order valence-electron chi connectivity index (χ2n) is 5.56. The van der Waals surface area contributed by atoms with Crippen LogP contribution in [0.5, 0.6) is 0 Å². The molecule has 0 aliphatic heterocycles. The third-order valence-electron chi connectivity index (χ3n) is 3.59. The molecule has 0 bridgehead atoms. The van der Waals surface area contributed by atoms with Gasteiger partial charge in [0.1, 0.15) is 0 Å². The number of hydrogen-bond donors (Lipinski definition) is 2. The fourth-order valence-electron chi connectivity index (χ4n) is 2.17. The van der Waals surface area contributed by atoms with Gasteiger partial charge in [-0.3, -0.25) is 4.79 Å². The van der Waals surface area contributed by atoms with Gasteiger partial charge in [-0.1, -0.05) is 28.1 Å². The Morgan fingerprint density at radius 3 is 2.38 bits per heavy atom. The predicted molar refractivity (Wildman–Crippen MR) is 96.9 cm³/mol. The van der Waals surface area contributed by atoms with Crippen molar-refractivity contribution in [1.82, 2.24) is 10.0 Å². The molecular weight excluding hydrogens is 430 g/mol. The van der Waals surface area contributed by atoms with E-state index in [1.165, 1.54) is 0 Å². The summed E-state index contributed by atoms with van der Waals surface area (Å²) in [5.74, 6) is -2.73. The number of carbonyl (C=O) groups excluding carboxylic acids is 1. The van der Waals surface area contributed by atoms with E-state index >= 15 is 0 Å². The van der Waals surface area contributed by atoms with E-state index in [1.807, 2.05) is 31.2 Å². The highest BCUT2D eigenvalue weighted by Gasteiger charge is 2.17. The van der Waals surface area contributed by atoms with Gasteiger partial charge < -0.3 is 5.32 Å². The molecule has 26 heavy (non-hydrogen) atoms. The number of benzene rings is 2. The molecule has 0 aromatic heterocycles. The van der Waals surface area contributed by atoms with Crippen molar-refractivity contribution in [3.63, 3.8) is 0 Å². The van der Waals surface area contributed by atoms with Gasteiger partial charge in [-0.05, 0) is 42.8 Å². The van der Waals surface area contributed by atoms with Crippen molar-refractivity contribution in [1.29, 1.82) is 0 Å². The van der Waals surface area contributed by atoms with Crippen molar-refractivity contribution in [3.8, 4) is 0 Å². The van der Waals surface area contributed by atoms with Crippen LogP contribution in [0.3, 0.4) is 0 Å². The van der Waals surface area contributed by atoms with Crippen LogP contribution >= 0.6 is 15.9 Å². The fraction of sp³-hybridized carbons (Fsp3) is 0.235. The first-order chi connectivity index (χ1) is 12.2. The molecule has 5 nitrogen and oxygen atoms in total. The zero-order chi connectivity index (χ0) is 19.3. The number of hydrogen-bond acceptors (Lipinski definition) is 3. The van der Waals surface area contributed by atoms with Gasteiger partial charge in [0, 0.05) is 17.4 Å². The molecule has 2 rings (SSSR count). The number of amides is 1. The summed E-state index contributed by atoms with van der Waals surface area (Å²) in [5.41, 5.74) is 0.906. The lowest BCUT2D eigenvalue weighted by molar-refractivity contribution is -0.121. The van der Waals surface area contributed by atoms with Crippen LogP contribution < -0.4 is 10.0 Å². The van der Waals surface area contributed by atoms with E-state index in [0.717, 1.165) is 22.2 Å². The minimum Gasteiger partial charge on any atom is -0.350 e. The SMILES string of the molecule is CC(NC(=O)CCNS(=O)(=O)c1ccc(F)c(F)c1)c1ccc(Br)cc1. The maximum absolute atomic E-state index is 13.2. The molecule has 0 saturated carbocycles. The van der Waals surface area contributed by atoms with E-state index in [0.29, 0.717) is 6.07 Å². The summed E-state index contributed by atoms with van der Waals surface area (Å²) in [6.45, 7) is 1.65. The van der Waals surface area contributed by atoms with E-state index in [-0.39, 0.29) is 24.9 Å².